The van der Waals surface area contributed by atoms with E-state index in [1.54, 1.807) is 28.0 Å². The molecule has 7 heteroatoms. The Morgan fingerprint density at radius 3 is 2.61 bits per heavy atom. The van der Waals surface area contributed by atoms with Crippen LogP contribution in [0.3, 0.4) is 0 Å². The molecule has 1 aromatic heterocycles. The Morgan fingerprint density at radius 1 is 1.16 bits per heavy atom. The largest absolute Gasteiger partial charge is 0.378 e. The molecule has 1 aliphatic rings. The van der Waals surface area contributed by atoms with Crippen LogP contribution in [0.25, 0.3) is 0 Å². The van der Waals surface area contributed by atoms with Crippen LogP contribution < -0.4 is 4.90 Å². The van der Waals surface area contributed by atoms with Crippen LogP contribution in [0.5, 0.6) is 0 Å². The zero-order valence-electron chi connectivity index (χ0n) is 17.9. The van der Waals surface area contributed by atoms with Crippen LogP contribution >= 0.6 is 23.1 Å². The van der Waals surface area contributed by atoms with Crippen molar-refractivity contribution in [3.05, 3.63) is 76.3 Å². The van der Waals surface area contributed by atoms with Gasteiger partial charge >= 0.3 is 0 Å². The lowest BCUT2D eigenvalue weighted by Crippen LogP contribution is -2.36. The molecule has 0 aliphatic carbocycles. The van der Waals surface area contributed by atoms with Gasteiger partial charge in [0.25, 0.3) is 5.91 Å². The summed E-state index contributed by atoms with van der Waals surface area (Å²) in [5, 5.41) is 2.05. The van der Waals surface area contributed by atoms with E-state index in [9.17, 15) is 4.79 Å². The summed E-state index contributed by atoms with van der Waals surface area (Å²) < 4.78 is 6.46. The van der Waals surface area contributed by atoms with E-state index in [0.717, 1.165) is 58.8 Å². The summed E-state index contributed by atoms with van der Waals surface area (Å²) >= 11 is 3.33. The molecule has 1 fully saturated rings. The molecule has 1 saturated heterocycles. The van der Waals surface area contributed by atoms with Crippen LogP contribution in [0, 0.1) is 6.92 Å². The molecule has 0 saturated carbocycles. The van der Waals surface area contributed by atoms with E-state index < -0.39 is 0 Å². The van der Waals surface area contributed by atoms with Crippen LogP contribution in [0.4, 0.5) is 5.69 Å². The van der Waals surface area contributed by atoms with Crippen LogP contribution in [-0.4, -0.2) is 49.1 Å². The number of aryl methyl sites for hydroxylation is 1. The van der Waals surface area contributed by atoms with Gasteiger partial charge in [0.05, 0.1) is 13.2 Å². The summed E-state index contributed by atoms with van der Waals surface area (Å²) in [7, 11) is 1.87. The number of thiazole rings is 1. The maximum absolute atomic E-state index is 13.2. The molecule has 1 amide bonds. The molecule has 162 valence electrons. The van der Waals surface area contributed by atoms with E-state index in [2.05, 4.69) is 39.5 Å². The highest BCUT2D eigenvalue weighted by Gasteiger charge is 2.17. The number of carbonyl (C=O) groups is 1. The molecular weight excluding hydrogens is 426 g/mol. The van der Waals surface area contributed by atoms with Gasteiger partial charge in [0.15, 0.2) is 0 Å². The minimum Gasteiger partial charge on any atom is -0.378 e. The van der Waals surface area contributed by atoms with Crippen LogP contribution in [0.15, 0.2) is 58.3 Å². The van der Waals surface area contributed by atoms with Crippen LogP contribution in [0.1, 0.15) is 27.2 Å². The monoisotopic (exact) mass is 453 g/mol. The molecule has 2 heterocycles. The predicted octanol–water partition coefficient (Wildman–Crippen LogP) is 4.85. The van der Waals surface area contributed by atoms with Gasteiger partial charge in [-0.15, -0.1) is 11.3 Å². The van der Waals surface area contributed by atoms with Gasteiger partial charge in [-0.3, -0.25) is 4.79 Å². The first kappa shape index (κ1) is 21.9. The average molecular weight is 454 g/mol. The normalized spacial score (nSPS) is 13.9. The second kappa shape index (κ2) is 10.3. The third-order valence-corrected chi connectivity index (χ3v) is 7.46. The fraction of sp³-hybridized carbons (Fsp3) is 0.333. The maximum atomic E-state index is 13.2. The van der Waals surface area contributed by atoms with Crippen LogP contribution in [0.2, 0.25) is 0 Å². The van der Waals surface area contributed by atoms with E-state index in [-0.39, 0.29) is 5.91 Å². The zero-order valence-corrected chi connectivity index (χ0v) is 19.5. The van der Waals surface area contributed by atoms with E-state index in [1.807, 2.05) is 38.2 Å². The number of aromatic nitrogens is 1. The Kier molecular flexibility index (Phi) is 7.27. The van der Waals surface area contributed by atoms with Crippen molar-refractivity contribution in [1.29, 1.82) is 0 Å². The number of carbonyl (C=O) groups excluding carboxylic acids is 1. The topological polar surface area (TPSA) is 45.7 Å². The Balaban J connectivity index is 1.39. The van der Waals surface area contributed by atoms with Gasteiger partial charge in [-0.2, -0.15) is 0 Å². The molecule has 4 rings (SSSR count). The first-order valence-electron chi connectivity index (χ1n) is 10.4. The molecular formula is C24H27N3O2S2. The Hall–Kier alpha value is -2.35. The SMILES string of the molecule is Cc1csc(SCc2ccccc2C(=O)N(C)Cc2ccc(N3CCOCC3)cc2)n1. The van der Waals surface area contributed by atoms with Crippen molar-refractivity contribution >= 4 is 34.7 Å². The Bertz CT molecular complexity index is 1010. The number of morpholine rings is 1. The molecule has 0 N–H and O–H groups in total. The average Bonchev–Trinajstić information content (AvgIpc) is 3.23. The summed E-state index contributed by atoms with van der Waals surface area (Å²) in [4.78, 5) is 21.8. The molecule has 3 aromatic rings. The molecule has 31 heavy (non-hydrogen) atoms. The third-order valence-electron chi connectivity index (χ3n) is 5.28. The molecule has 5 nitrogen and oxygen atoms in total. The van der Waals surface area contributed by atoms with E-state index in [0.29, 0.717) is 6.54 Å². The van der Waals surface area contributed by atoms with Crippen molar-refractivity contribution in [2.24, 2.45) is 0 Å². The number of rotatable bonds is 7. The van der Waals surface area contributed by atoms with Crippen molar-refractivity contribution in [1.82, 2.24) is 9.88 Å². The summed E-state index contributed by atoms with van der Waals surface area (Å²) in [6.07, 6.45) is 0. The van der Waals surface area contributed by atoms with Gasteiger partial charge in [-0.1, -0.05) is 42.1 Å². The van der Waals surface area contributed by atoms with Crippen molar-refractivity contribution < 1.29 is 9.53 Å². The van der Waals surface area contributed by atoms with Gasteiger partial charge < -0.3 is 14.5 Å². The molecule has 0 radical (unpaired) electrons. The zero-order chi connectivity index (χ0) is 21.6. The highest BCUT2D eigenvalue weighted by molar-refractivity contribution is 8.00. The van der Waals surface area contributed by atoms with Gasteiger partial charge in [-0.05, 0) is 36.2 Å². The molecule has 0 bridgehead atoms. The number of benzene rings is 2. The second-order valence-corrected chi connectivity index (χ2v) is 9.71. The van der Waals surface area contributed by atoms with Gasteiger partial charge in [-0.25, -0.2) is 4.98 Å². The lowest BCUT2D eigenvalue weighted by Gasteiger charge is -2.29. The molecule has 2 aromatic carbocycles. The molecule has 0 spiro atoms. The van der Waals surface area contributed by atoms with Gasteiger partial charge in [0.1, 0.15) is 4.34 Å². The Labute approximate surface area is 192 Å². The number of ether oxygens (including phenoxy) is 1. The Morgan fingerprint density at radius 2 is 1.90 bits per heavy atom. The minimum absolute atomic E-state index is 0.0452. The minimum atomic E-state index is 0.0452. The lowest BCUT2D eigenvalue weighted by atomic mass is 10.1. The predicted molar refractivity (Wildman–Crippen MR) is 128 cm³/mol. The highest BCUT2D eigenvalue weighted by atomic mass is 32.2. The quantitative estimate of drug-likeness (QED) is 0.479. The highest BCUT2D eigenvalue weighted by Crippen LogP contribution is 2.28. The number of hydrogen-bond donors (Lipinski definition) is 0. The van der Waals surface area contributed by atoms with Crippen molar-refractivity contribution in [2.45, 2.75) is 23.6 Å². The number of amides is 1. The summed E-state index contributed by atoms with van der Waals surface area (Å²) in [6.45, 7) is 5.98. The van der Waals surface area contributed by atoms with E-state index in [1.165, 1.54) is 5.69 Å². The third kappa shape index (κ3) is 5.67. The molecule has 0 atom stereocenters. The summed E-state index contributed by atoms with van der Waals surface area (Å²) in [5.41, 5.74) is 5.17. The summed E-state index contributed by atoms with van der Waals surface area (Å²) in [6, 6.07) is 16.4. The van der Waals surface area contributed by atoms with Gasteiger partial charge in [0.2, 0.25) is 0 Å². The van der Waals surface area contributed by atoms with Crippen molar-refractivity contribution in [3.8, 4) is 0 Å². The standard InChI is InChI=1S/C24H27N3O2S2/c1-18-16-30-24(25-18)31-17-20-5-3-4-6-22(20)23(28)26(2)15-19-7-9-21(10-8-19)27-11-13-29-14-12-27/h3-10,16H,11-15,17H2,1-2H3. The number of anilines is 1. The maximum Gasteiger partial charge on any atom is 0.254 e. The second-order valence-electron chi connectivity index (χ2n) is 7.63. The van der Waals surface area contributed by atoms with Gasteiger partial charge in [0, 0.05) is 54.8 Å². The lowest BCUT2D eigenvalue weighted by molar-refractivity contribution is 0.0784. The fourth-order valence-corrected chi connectivity index (χ4v) is 5.43. The van der Waals surface area contributed by atoms with E-state index in [4.69, 9.17) is 4.74 Å². The fourth-order valence-electron chi connectivity index (χ4n) is 3.58. The molecule has 1 aliphatic heterocycles. The van der Waals surface area contributed by atoms with Crippen molar-refractivity contribution in [2.75, 3.05) is 38.3 Å². The first-order valence-corrected chi connectivity index (χ1v) is 12.3. The smallest absolute Gasteiger partial charge is 0.254 e. The number of hydrogen-bond acceptors (Lipinski definition) is 6. The molecule has 0 unspecified atom stereocenters. The van der Waals surface area contributed by atoms with Crippen molar-refractivity contribution in [3.63, 3.8) is 0 Å². The summed E-state index contributed by atoms with van der Waals surface area (Å²) in [5.74, 6) is 0.778. The first-order chi connectivity index (χ1) is 15.1. The number of nitrogens with zero attached hydrogens (tertiary/aromatic N) is 3. The van der Waals surface area contributed by atoms with E-state index >= 15 is 0 Å². The van der Waals surface area contributed by atoms with Crippen LogP contribution in [-0.2, 0) is 17.0 Å². The number of thioether (sulfide) groups is 1.